The molecule has 1 aliphatic heterocycles. The summed E-state index contributed by atoms with van der Waals surface area (Å²) in [7, 11) is 0. The average Bonchev–Trinajstić information content (AvgIpc) is 2.66. The molecular formula is C21H25N3O2. The van der Waals surface area contributed by atoms with Crippen LogP contribution in [0.4, 0.5) is 5.69 Å². The topological polar surface area (TPSA) is 52.7 Å². The maximum Gasteiger partial charge on any atom is 0.238 e. The van der Waals surface area contributed by atoms with Crippen molar-refractivity contribution in [2.45, 2.75) is 13.5 Å². The van der Waals surface area contributed by atoms with Gasteiger partial charge >= 0.3 is 0 Å². The lowest BCUT2D eigenvalue weighted by molar-refractivity contribution is -0.117. The van der Waals surface area contributed by atoms with Crippen LogP contribution >= 0.6 is 0 Å². The largest absolute Gasteiger partial charge is 0.324 e. The van der Waals surface area contributed by atoms with Crippen molar-refractivity contribution in [1.29, 1.82) is 0 Å². The Kier molecular flexibility index (Phi) is 6.15. The molecule has 0 unspecified atom stereocenters. The van der Waals surface area contributed by atoms with E-state index in [0.29, 0.717) is 17.8 Å². The van der Waals surface area contributed by atoms with Crippen LogP contribution in [0.5, 0.6) is 0 Å². The highest BCUT2D eigenvalue weighted by atomic mass is 16.2. The summed E-state index contributed by atoms with van der Waals surface area (Å²) in [6.07, 6.45) is 0.783. The van der Waals surface area contributed by atoms with Gasteiger partial charge in [0.05, 0.1) is 12.2 Å². The van der Waals surface area contributed by atoms with Crippen LogP contribution in [0.1, 0.15) is 21.5 Å². The van der Waals surface area contributed by atoms with Crippen molar-refractivity contribution < 1.29 is 9.59 Å². The van der Waals surface area contributed by atoms with E-state index in [0.717, 1.165) is 44.6 Å². The van der Waals surface area contributed by atoms with Crippen LogP contribution in [0.25, 0.3) is 0 Å². The van der Waals surface area contributed by atoms with Crippen molar-refractivity contribution in [1.82, 2.24) is 9.80 Å². The van der Waals surface area contributed by atoms with E-state index < -0.39 is 0 Å². The highest BCUT2D eigenvalue weighted by Gasteiger charge is 2.19. The third-order valence-corrected chi connectivity index (χ3v) is 4.78. The highest BCUT2D eigenvalue weighted by molar-refractivity contribution is 5.98. The van der Waals surface area contributed by atoms with Crippen LogP contribution in [0.3, 0.4) is 0 Å². The van der Waals surface area contributed by atoms with E-state index in [1.54, 1.807) is 6.07 Å². The lowest BCUT2D eigenvalue weighted by Crippen LogP contribution is -2.48. The maximum absolute atomic E-state index is 12.4. The quantitative estimate of drug-likeness (QED) is 0.813. The van der Waals surface area contributed by atoms with Gasteiger partial charge in [-0.25, -0.2) is 0 Å². The Bertz CT molecular complexity index is 753. The number of hydrogen-bond acceptors (Lipinski definition) is 4. The standard InChI is InChI=1S/C21H25N3O2/c1-17-6-5-9-19(16-25)21(17)22-20(26)15-24-12-10-23(11-13-24)14-18-7-3-2-4-8-18/h2-9,16H,10-15H2,1H3,(H,22,26). The number of amides is 1. The Balaban J connectivity index is 1.49. The van der Waals surface area contributed by atoms with E-state index in [1.807, 2.05) is 25.1 Å². The molecule has 1 amide bonds. The van der Waals surface area contributed by atoms with E-state index in [-0.39, 0.29) is 5.91 Å². The highest BCUT2D eigenvalue weighted by Crippen LogP contribution is 2.19. The summed E-state index contributed by atoms with van der Waals surface area (Å²) in [5.41, 5.74) is 3.36. The van der Waals surface area contributed by atoms with Gasteiger partial charge in [0.25, 0.3) is 0 Å². The molecule has 1 saturated heterocycles. The SMILES string of the molecule is Cc1cccc(C=O)c1NC(=O)CN1CCN(Cc2ccccc2)CC1. The van der Waals surface area contributed by atoms with Crippen molar-refractivity contribution in [2.24, 2.45) is 0 Å². The Hall–Kier alpha value is -2.50. The molecule has 0 atom stereocenters. The molecule has 3 rings (SSSR count). The Morgan fingerprint density at radius 2 is 1.69 bits per heavy atom. The number of nitrogens with zero attached hydrogens (tertiary/aromatic N) is 2. The molecule has 136 valence electrons. The molecule has 0 aliphatic carbocycles. The molecule has 0 saturated carbocycles. The first kappa shape index (κ1) is 18.3. The summed E-state index contributed by atoms with van der Waals surface area (Å²) >= 11 is 0. The van der Waals surface area contributed by atoms with Gasteiger partial charge in [0.15, 0.2) is 6.29 Å². The van der Waals surface area contributed by atoms with Crippen molar-refractivity contribution in [2.75, 3.05) is 38.0 Å². The van der Waals surface area contributed by atoms with Gasteiger partial charge in [-0.1, -0.05) is 42.5 Å². The zero-order chi connectivity index (χ0) is 18.4. The molecule has 5 nitrogen and oxygen atoms in total. The molecule has 1 N–H and O–H groups in total. The summed E-state index contributed by atoms with van der Waals surface area (Å²) < 4.78 is 0. The monoisotopic (exact) mass is 351 g/mol. The minimum atomic E-state index is -0.0705. The fourth-order valence-electron chi connectivity index (χ4n) is 3.29. The lowest BCUT2D eigenvalue weighted by atomic mass is 10.1. The molecule has 2 aromatic rings. The van der Waals surface area contributed by atoms with E-state index in [4.69, 9.17) is 0 Å². The predicted molar refractivity (Wildman–Crippen MR) is 103 cm³/mol. The molecular weight excluding hydrogens is 326 g/mol. The first-order valence-corrected chi connectivity index (χ1v) is 8.99. The molecule has 1 fully saturated rings. The van der Waals surface area contributed by atoms with Gasteiger partial charge in [0, 0.05) is 38.3 Å². The van der Waals surface area contributed by atoms with E-state index in [2.05, 4.69) is 39.4 Å². The van der Waals surface area contributed by atoms with Crippen LogP contribution < -0.4 is 5.32 Å². The summed E-state index contributed by atoms with van der Waals surface area (Å²) in [6.45, 7) is 6.84. The average molecular weight is 351 g/mol. The van der Waals surface area contributed by atoms with Gasteiger partial charge in [0.1, 0.15) is 0 Å². The number of carbonyl (C=O) groups is 2. The Labute approximate surface area is 154 Å². The second-order valence-corrected chi connectivity index (χ2v) is 6.74. The van der Waals surface area contributed by atoms with Crippen LogP contribution in [0, 0.1) is 6.92 Å². The molecule has 26 heavy (non-hydrogen) atoms. The number of piperazine rings is 1. The molecule has 0 bridgehead atoms. The van der Waals surface area contributed by atoms with Gasteiger partial charge in [-0.05, 0) is 24.1 Å². The number of aryl methyl sites for hydroxylation is 1. The van der Waals surface area contributed by atoms with Gasteiger partial charge in [-0.3, -0.25) is 19.4 Å². The fourth-order valence-corrected chi connectivity index (χ4v) is 3.29. The van der Waals surface area contributed by atoms with Gasteiger partial charge in [-0.15, -0.1) is 0 Å². The minimum Gasteiger partial charge on any atom is -0.324 e. The summed E-state index contributed by atoms with van der Waals surface area (Å²) in [5.74, 6) is -0.0705. The fraction of sp³-hybridized carbons (Fsp3) is 0.333. The normalized spacial score (nSPS) is 15.6. The number of nitrogens with one attached hydrogen (secondary N) is 1. The molecule has 1 aliphatic rings. The number of hydrogen-bond donors (Lipinski definition) is 1. The molecule has 5 heteroatoms. The smallest absolute Gasteiger partial charge is 0.238 e. The lowest BCUT2D eigenvalue weighted by Gasteiger charge is -2.34. The summed E-state index contributed by atoms with van der Waals surface area (Å²) in [4.78, 5) is 28.1. The zero-order valence-corrected chi connectivity index (χ0v) is 15.1. The number of carbonyl (C=O) groups excluding carboxylic acids is 2. The Morgan fingerprint density at radius 1 is 1.00 bits per heavy atom. The van der Waals surface area contributed by atoms with Crippen LogP contribution in [0.2, 0.25) is 0 Å². The minimum absolute atomic E-state index is 0.0705. The molecule has 0 radical (unpaired) electrons. The van der Waals surface area contributed by atoms with Crippen LogP contribution in [-0.4, -0.2) is 54.7 Å². The third-order valence-electron chi connectivity index (χ3n) is 4.78. The van der Waals surface area contributed by atoms with Gasteiger partial charge < -0.3 is 5.32 Å². The van der Waals surface area contributed by atoms with E-state index >= 15 is 0 Å². The van der Waals surface area contributed by atoms with Crippen molar-refractivity contribution in [3.05, 3.63) is 65.2 Å². The van der Waals surface area contributed by atoms with Crippen LogP contribution in [-0.2, 0) is 11.3 Å². The molecule has 2 aromatic carbocycles. The maximum atomic E-state index is 12.4. The van der Waals surface area contributed by atoms with Gasteiger partial charge in [-0.2, -0.15) is 0 Å². The number of benzene rings is 2. The van der Waals surface area contributed by atoms with Crippen LogP contribution in [0.15, 0.2) is 48.5 Å². The first-order chi connectivity index (χ1) is 12.7. The molecule has 1 heterocycles. The van der Waals surface area contributed by atoms with Gasteiger partial charge in [0.2, 0.25) is 5.91 Å². The molecule has 0 aromatic heterocycles. The van der Waals surface area contributed by atoms with Crippen molar-refractivity contribution in [3.8, 4) is 0 Å². The molecule has 0 spiro atoms. The van der Waals surface area contributed by atoms with Crippen molar-refractivity contribution in [3.63, 3.8) is 0 Å². The summed E-state index contributed by atoms with van der Waals surface area (Å²) in [6, 6.07) is 15.9. The van der Waals surface area contributed by atoms with Crippen molar-refractivity contribution >= 4 is 17.9 Å². The number of para-hydroxylation sites is 1. The predicted octanol–water partition coefficient (Wildman–Crippen LogP) is 2.56. The van der Waals surface area contributed by atoms with E-state index in [1.165, 1.54) is 5.56 Å². The number of aldehydes is 1. The first-order valence-electron chi connectivity index (χ1n) is 8.99. The summed E-state index contributed by atoms with van der Waals surface area (Å²) in [5, 5.41) is 2.90. The second-order valence-electron chi connectivity index (χ2n) is 6.74. The second kappa shape index (κ2) is 8.74. The zero-order valence-electron chi connectivity index (χ0n) is 15.1. The third kappa shape index (κ3) is 4.77. The number of rotatable bonds is 6. The number of anilines is 1. The Morgan fingerprint density at radius 3 is 2.38 bits per heavy atom. The van der Waals surface area contributed by atoms with E-state index in [9.17, 15) is 9.59 Å².